The van der Waals surface area contributed by atoms with Crippen molar-refractivity contribution in [3.05, 3.63) is 111 Å². The van der Waals surface area contributed by atoms with Crippen LogP contribution in [0.1, 0.15) is 33.1 Å². The fourth-order valence-corrected chi connectivity index (χ4v) is 2.98. The lowest BCUT2D eigenvalue weighted by atomic mass is 9.98. The predicted octanol–water partition coefficient (Wildman–Crippen LogP) is 3.71. The summed E-state index contributed by atoms with van der Waals surface area (Å²) in [6.45, 7) is 0.173. The lowest BCUT2D eigenvalue weighted by Crippen LogP contribution is -2.22. The summed E-state index contributed by atoms with van der Waals surface area (Å²) in [5, 5.41) is 14.7. The highest BCUT2D eigenvalue weighted by atomic mass is 19.1. The molecule has 0 aliphatic heterocycles. The molecule has 28 heavy (non-hydrogen) atoms. The average molecular weight is 379 g/mol. The Bertz CT molecular complexity index is 992. The monoisotopic (exact) mass is 379 g/mol. The lowest BCUT2D eigenvalue weighted by molar-refractivity contribution is -0.385. The molecule has 0 fully saturated rings. The number of nitro benzene ring substituents is 1. The molecular formula is C21H18FN3O3. The van der Waals surface area contributed by atoms with Gasteiger partial charge in [0.05, 0.1) is 11.0 Å². The van der Waals surface area contributed by atoms with Crippen LogP contribution in [0.25, 0.3) is 0 Å². The van der Waals surface area contributed by atoms with Gasteiger partial charge in [-0.15, -0.1) is 0 Å². The Morgan fingerprint density at radius 3 is 2.29 bits per heavy atom. The molecule has 7 heteroatoms. The molecule has 3 aromatic rings. The third kappa shape index (κ3) is 4.39. The summed E-state index contributed by atoms with van der Waals surface area (Å²) in [5.74, 6) is -1.07. The Morgan fingerprint density at radius 2 is 1.68 bits per heavy atom. The van der Waals surface area contributed by atoms with Gasteiger partial charge in [-0.1, -0.05) is 48.5 Å². The first-order chi connectivity index (χ1) is 13.5. The van der Waals surface area contributed by atoms with Gasteiger partial charge in [-0.2, -0.15) is 0 Å². The Morgan fingerprint density at radius 1 is 1.04 bits per heavy atom. The van der Waals surface area contributed by atoms with Gasteiger partial charge in [-0.05, 0) is 29.3 Å². The van der Waals surface area contributed by atoms with Gasteiger partial charge in [-0.3, -0.25) is 14.9 Å². The maximum atomic E-state index is 13.3. The summed E-state index contributed by atoms with van der Waals surface area (Å²) in [5.41, 5.74) is 7.28. The number of nitrogens with one attached hydrogen (secondary N) is 1. The minimum Gasteiger partial charge on any atom is -0.366 e. The molecule has 0 spiro atoms. The van der Waals surface area contributed by atoms with Crippen molar-refractivity contribution >= 4 is 11.6 Å². The van der Waals surface area contributed by atoms with Gasteiger partial charge in [0.25, 0.3) is 5.69 Å². The molecule has 0 saturated heterocycles. The number of nitrogens with two attached hydrogens (primary N) is 1. The lowest BCUT2D eigenvalue weighted by Gasteiger charge is -2.20. The first kappa shape index (κ1) is 19.2. The van der Waals surface area contributed by atoms with Crippen molar-refractivity contribution in [2.75, 3.05) is 0 Å². The molecule has 3 aromatic carbocycles. The molecule has 1 atom stereocenters. The number of benzene rings is 3. The number of rotatable bonds is 7. The average Bonchev–Trinajstić information content (AvgIpc) is 2.70. The van der Waals surface area contributed by atoms with Gasteiger partial charge in [-0.25, -0.2) is 4.39 Å². The van der Waals surface area contributed by atoms with Crippen LogP contribution in [0.4, 0.5) is 10.1 Å². The smallest absolute Gasteiger partial charge is 0.274 e. The van der Waals surface area contributed by atoms with E-state index in [0.29, 0.717) is 5.56 Å². The van der Waals surface area contributed by atoms with Crippen LogP contribution < -0.4 is 11.1 Å². The summed E-state index contributed by atoms with van der Waals surface area (Å²) in [6, 6.07) is 19.4. The van der Waals surface area contributed by atoms with E-state index in [2.05, 4.69) is 5.32 Å². The Balaban J connectivity index is 1.91. The van der Waals surface area contributed by atoms with Gasteiger partial charge in [0.1, 0.15) is 5.82 Å². The van der Waals surface area contributed by atoms with Crippen LogP contribution in [0, 0.1) is 15.9 Å². The zero-order valence-electron chi connectivity index (χ0n) is 14.8. The molecule has 0 bridgehead atoms. The molecular weight excluding hydrogens is 361 g/mol. The van der Waals surface area contributed by atoms with Crippen LogP contribution in [-0.4, -0.2) is 10.8 Å². The molecule has 3 rings (SSSR count). The van der Waals surface area contributed by atoms with Crippen molar-refractivity contribution in [3.8, 4) is 0 Å². The molecule has 0 saturated carbocycles. The number of amides is 1. The largest absolute Gasteiger partial charge is 0.366 e. The number of carbonyl (C=O) groups excluding carboxylic acids is 1. The summed E-state index contributed by atoms with van der Waals surface area (Å²) in [4.78, 5) is 22.2. The third-order valence-corrected chi connectivity index (χ3v) is 4.40. The van der Waals surface area contributed by atoms with Crippen molar-refractivity contribution in [3.63, 3.8) is 0 Å². The second kappa shape index (κ2) is 8.41. The second-order valence-corrected chi connectivity index (χ2v) is 6.24. The van der Waals surface area contributed by atoms with Crippen LogP contribution in [0.2, 0.25) is 0 Å². The fraction of sp³-hybridized carbons (Fsp3) is 0.0952. The number of halogens is 1. The van der Waals surface area contributed by atoms with Crippen LogP contribution >= 0.6 is 0 Å². The van der Waals surface area contributed by atoms with E-state index >= 15 is 0 Å². The fourth-order valence-electron chi connectivity index (χ4n) is 2.98. The van der Waals surface area contributed by atoms with E-state index in [1.165, 1.54) is 30.3 Å². The Hall–Kier alpha value is -3.58. The van der Waals surface area contributed by atoms with Gasteiger partial charge in [0.15, 0.2) is 0 Å². The summed E-state index contributed by atoms with van der Waals surface area (Å²) >= 11 is 0. The van der Waals surface area contributed by atoms with Crippen molar-refractivity contribution in [1.82, 2.24) is 5.32 Å². The number of primary amides is 1. The van der Waals surface area contributed by atoms with Crippen molar-refractivity contribution in [2.24, 2.45) is 5.73 Å². The topological polar surface area (TPSA) is 98.3 Å². The summed E-state index contributed by atoms with van der Waals surface area (Å²) in [6.07, 6.45) is 0. The quantitative estimate of drug-likeness (QED) is 0.483. The van der Waals surface area contributed by atoms with E-state index in [0.717, 1.165) is 11.1 Å². The van der Waals surface area contributed by atoms with Crippen LogP contribution in [0.5, 0.6) is 0 Å². The highest BCUT2D eigenvalue weighted by Gasteiger charge is 2.19. The minimum absolute atomic E-state index is 0.0774. The zero-order valence-corrected chi connectivity index (χ0v) is 14.8. The second-order valence-electron chi connectivity index (χ2n) is 6.24. The van der Waals surface area contributed by atoms with E-state index in [-0.39, 0.29) is 29.7 Å². The molecule has 142 valence electrons. The highest BCUT2D eigenvalue weighted by molar-refractivity contribution is 5.93. The number of hydrogen-bond acceptors (Lipinski definition) is 4. The molecule has 0 heterocycles. The molecule has 0 unspecified atom stereocenters. The molecule has 0 aromatic heterocycles. The molecule has 0 aliphatic rings. The standard InChI is InChI=1S/C21H18FN3O3/c22-18-10-8-15(9-11-18)20(14-4-2-1-3-5-14)24-13-17-7-6-16(21(23)26)12-19(17)25(27)28/h1-12,20,24H,13H2,(H2,23,26)/t20-/m0/s1. The first-order valence-electron chi connectivity index (χ1n) is 8.56. The molecule has 0 aliphatic carbocycles. The van der Waals surface area contributed by atoms with Gasteiger partial charge in [0, 0.05) is 23.7 Å². The van der Waals surface area contributed by atoms with Crippen molar-refractivity contribution in [1.29, 1.82) is 0 Å². The molecule has 6 nitrogen and oxygen atoms in total. The van der Waals surface area contributed by atoms with Gasteiger partial charge in [0.2, 0.25) is 5.91 Å². The summed E-state index contributed by atoms with van der Waals surface area (Å²) < 4.78 is 13.3. The van der Waals surface area contributed by atoms with E-state index < -0.39 is 10.8 Å². The van der Waals surface area contributed by atoms with E-state index in [4.69, 9.17) is 5.73 Å². The van der Waals surface area contributed by atoms with Crippen molar-refractivity contribution < 1.29 is 14.1 Å². The van der Waals surface area contributed by atoms with Crippen molar-refractivity contribution in [2.45, 2.75) is 12.6 Å². The zero-order chi connectivity index (χ0) is 20.1. The minimum atomic E-state index is -0.726. The number of carbonyl (C=O) groups is 1. The number of nitrogens with zero attached hydrogens (tertiary/aromatic N) is 1. The SMILES string of the molecule is NC(=O)c1ccc(CN[C@@H](c2ccccc2)c2ccc(F)cc2)c([N+](=O)[O-])c1. The normalized spacial score (nSPS) is 11.8. The summed E-state index contributed by atoms with van der Waals surface area (Å²) in [7, 11) is 0. The van der Waals surface area contributed by atoms with E-state index in [1.807, 2.05) is 30.3 Å². The van der Waals surface area contributed by atoms with Crippen LogP contribution in [0.3, 0.4) is 0 Å². The Kier molecular flexibility index (Phi) is 5.76. The molecule has 3 N–H and O–H groups in total. The van der Waals surface area contributed by atoms with Gasteiger partial charge >= 0.3 is 0 Å². The third-order valence-electron chi connectivity index (χ3n) is 4.40. The Labute approximate surface area is 161 Å². The van der Waals surface area contributed by atoms with E-state index in [1.54, 1.807) is 12.1 Å². The maximum Gasteiger partial charge on any atom is 0.274 e. The molecule has 0 radical (unpaired) electrons. The van der Waals surface area contributed by atoms with Gasteiger partial charge < -0.3 is 11.1 Å². The van der Waals surface area contributed by atoms with Crippen LogP contribution in [-0.2, 0) is 6.54 Å². The van der Waals surface area contributed by atoms with Crippen LogP contribution in [0.15, 0.2) is 72.8 Å². The molecule has 1 amide bonds. The number of hydrogen-bond donors (Lipinski definition) is 2. The maximum absolute atomic E-state index is 13.3. The highest BCUT2D eigenvalue weighted by Crippen LogP contribution is 2.25. The first-order valence-corrected chi connectivity index (χ1v) is 8.56. The van der Waals surface area contributed by atoms with E-state index in [9.17, 15) is 19.3 Å². The predicted molar refractivity (Wildman–Crippen MR) is 103 cm³/mol. The number of nitro groups is 1.